The van der Waals surface area contributed by atoms with E-state index in [2.05, 4.69) is 26.0 Å². The molecule has 1 N–H and O–H groups in total. The highest BCUT2D eigenvalue weighted by atomic mass is 15.2. The number of nitrogens with zero attached hydrogens (tertiary/aromatic N) is 3. The zero-order valence-electron chi connectivity index (χ0n) is 10.4. The quantitative estimate of drug-likeness (QED) is 0.816. The van der Waals surface area contributed by atoms with Crippen molar-refractivity contribution in [3.05, 3.63) is 12.4 Å². The first-order valence-electron chi connectivity index (χ1n) is 6.92. The Morgan fingerprint density at radius 2 is 2.06 bits per heavy atom. The molecule has 2 aliphatic rings. The number of nitrogens with one attached hydrogen (secondary N) is 1. The summed E-state index contributed by atoms with van der Waals surface area (Å²) in [5.41, 5.74) is 0. The molecule has 1 aromatic heterocycles. The lowest BCUT2D eigenvalue weighted by molar-refractivity contribution is 0.325. The van der Waals surface area contributed by atoms with E-state index < -0.39 is 0 Å². The summed E-state index contributed by atoms with van der Waals surface area (Å²) in [6.07, 6.45) is 10.6. The lowest BCUT2D eigenvalue weighted by Gasteiger charge is -2.15. The molecular formula is C13H22N4. The van der Waals surface area contributed by atoms with Gasteiger partial charge in [0.1, 0.15) is 0 Å². The number of rotatable bonds is 6. The number of aryl methyl sites for hydroxylation is 1. The number of anilines is 1. The Hall–Kier alpha value is -1.03. The molecule has 0 unspecified atom stereocenters. The second-order valence-electron chi connectivity index (χ2n) is 5.27. The first kappa shape index (κ1) is 11.1. The molecule has 0 radical (unpaired) electrons. The van der Waals surface area contributed by atoms with Crippen LogP contribution in [0, 0.1) is 0 Å². The van der Waals surface area contributed by atoms with Gasteiger partial charge in [0.2, 0.25) is 5.95 Å². The average Bonchev–Trinajstić information content (AvgIpc) is 2.82. The Bertz CT molecular complexity index is 350. The molecule has 1 aliphatic heterocycles. The Balaban J connectivity index is 1.45. The highest BCUT2D eigenvalue weighted by Crippen LogP contribution is 2.23. The summed E-state index contributed by atoms with van der Waals surface area (Å²) in [5, 5.41) is 3.48. The molecule has 3 rings (SSSR count). The zero-order valence-corrected chi connectivity index (χ0v) is 10.4. The molecule has 94 valence electrons. The van der Waals surface area contributed by atoms with E-state index in [4.69, 9.17) is 0 Å². The van der Waals surface area contributed by atoms with Gasteiger partial charge in [-0.1, -0.05) is 0 Å². The molecule has 4 nitrogen and oxygen atoms in total. The minimum absolute atomic E-state index is 0.690. The first-order valence-corrected chi connectivity index (χ1v) is 6.92. The lowest BCUT2D eigenvalue weighted by atomic mass is 10.4. The number of imidazole rings is 1. The molecule has 0 spiro atoms. The van der Waals surface area contributed by atoms with E-state index in [-0.39, 0.29) is 0 Å². The van der Waals surface area contributed by atoms with Gasteiger partial charge in [0.05, 0.1) is 0 Å². The van der Waals surface area contributed by atoms with Gasteiger partial charge in [0.25, 0.3) is 0 Å². The van der Waals surface area contributed by atoms with E-state index >= 15 is 0 Å². The molecule has 0 atom stereocenters. The van der Waals surface area contributed by atoms with Gasteiger partial charge in [-0.25, -0.2) is 4.98 Å². The summed E-state index contributed by atoms with van der Waals surface area (Å²) in [5.74, 6) is 1.06. The highest BCUT2D eigenvalue weighted by Gasteiger charge is 2.22. The van der Waals surface area contributed by atoms with Crippen LogP contribution in [0.1, 0.15) is 32.1 Å². The Kier molecular flexibility index (Phi) is 3.31. The van der Waals surface area contributed by atoms with Crippen molar-refractivity contribution in [3.63, 3.8) is 0 Å². The second kappa shape index (κ2) is 5.08. The van der Waals surface area contributed by atoms with Crippen LogP contribution in [-0.4, -0.2) is 40.1 Å². The maximum atomic E-state index is 4.39. The molecule has 0 aromatic carbocycles. The van der Waals surface area contributed by atoms with Crippen LogP contribution in [0.15, 0.2) is 12.4 Å². The zero-order chi connectivity index (χ0) is 11.5. The highest BCUT2D eigenvalue weighted by molar-refractivity contribution is 5.29. The molecule has 1 aliphatic carbocycles. The maximum absolute atomic E-state index is 4.39. The minimum Gasteiger partial charge on any atom is -0.353 e. The fourth-order valence-corrected chi connectivity index (χ4v) is 2.51. The molecule has 2 heterocycles. The predicted octanol–water partition coefficient (Wildman–Crippen LogP) is 1.94. The standard InChI is InChI=1S/C13H22N4/c1-2-8-16(7-1)9-3-10-17-11-6-14-13(17)15-12-4-5-12/h6,11-12H,1-5,7-10H2,(H,14,15). The Morgan fingerprint density at radius 3 is 2.82 bits per heavy atom. The summed E-state index contributed by atoms with van der Waals surface area (Å²) < 4.78 is 2.26. The Morgan fingerprint density at radius 1 is 1.24 bits per heavy atom. The average molecular weight is 234 g/mol. The van der Waals surface area contributed by atoms with Crippen molar-refractivity contribution >= 4 is 5.95 Å². The van der Waals surface area contributed by atoms with Gasteiger partial charge in [-0.05, 0) is 51.7 Å². The van der Waals surface area contributed by atoms with Crippen molar-refractivity contribution in [2.24, 2.45) is 0 Å². The van der Waals surface area contributed by atoms with E-state index in [0.717, 1.165) is 12.5 Å². The molecule has 17 heavy (non-hydrogen) atoms. The van der Waals surface area contributed by atoms with Gasteiger partial charge in [-0.3, -0.25) is 0 Å². The number of aromatic nitrogens is 2. The molecule has 1 saturated heterocycles. The van der Waals surface area contributed by atoms with Crippen molar-refractivity contribution in [2.45, 2.75) is 44.7 Å². The van der Waals surface area contributed by atoms with E-state index in [1.54, 1.807) is 0 Å². The molecular weight excluding hydrogens is 212 g/mol. The van der Waals surface area contributed by atoms with Crippen molar-refractivity contribution in [1.82, 2.24) is 14.5 Å². The Labute approximate surface area is 103 Å². The monoisotopic (exact) mass is 234 g/mol. The molecule has 2 fully saturated rings. The fraction of sp³-hybridized carbons (Fsp3) is 0.769. The van der Waals surface area contributed by atoms with Gasteiger partial charge in [-0.2, -0.15) is 0 Å². The SMILES string of the molecule is c1cn(CCCN2CCCC2)c(NC2CC2)n1. The third-order valence-electron chi connectivity index (χ3n) is 3.70. The van der Waals surface area contributed by atoms with Crippen LogP contribution in [0.5, 0.6) is 0 Å². The summed E-state index contributed by atoms with van der Waals surface area (Å²) >= 11 is 0. The van der Waals surface area contributed by atoms with Gasteiger partial charge in [-0.15, -0.1) is 0 Å². The van der Waals surface area contributed by atoms with Crippen molar-refractivity contribution in [1.29, 1.82) is 0 Å². The number of likely N-dealkylation sites (tertiary alicyclic amines) is 1. The maximum Gasteiger partial charge on any atom is 0.202 e. The molecule has 1 saturated carbocycles. The summed E-state index contributed by atoms with van der Waals surface area (Å²) in [6, 6.07) is 0.690. The van der Waals surface area contributed by atoms with Crippen LogP contribution in [0.3, 0.4) is 0 Å². The minimum atomic E-state index is 0.690. The van der Waals surface area contributed by atoms with E-state index in [1.807, 2.05) is 6.20 Å². The third-order valence-corrected chi connectivity index (χ3v) is 3.70. The second-order valence-corrected chi connectivity index (χ2v) is 5.27. The topological polar surface area (TPSA) is 33.1 Å². The third kappa shape index (κ3) is 3.00. The largest absolute Gasteiger partial charge is 0.353 e. The van der Waals surface area contributed by atoms with Crippen LogP contribution in [-0.2, 0) is 6.54 Å². The van der Waals surface area contributed by atoms with E-state index in [9.17, 15) is 0 Å². The van der Waals surface area contributed by atoms with Crippen molar-refractivity contribution in [2.75, 3.05) is 25.0 Å². The number of hydrogen-bond donors (Lipinski definition) is 1. The van der Waals surface area contributed by atoms with Gasteiger partial charge in [0.15, 0.2) is 0 Å². The molecule has 0 amide bonds. The van der Waals surface area contributed by atoms with Crippen LogP contribution < -0.4 is 5.32 Å². The van der Waals surface area contributed by atoms with Crippen LogP contribution in [0.2, 0.25) is 0 Å². The van der Waals surface area contributed by atoms with Crippen LogP contribution in [0.4, 0.5) is 5.95 Å². The lowest BCUT2D eigenvalue weighted by Crippen LogP contribution is -2.21. The van der Waals surface area contributed by atoms with Crippen molar-refractivity contribution < 1.29 is 0 Å². The first-order chi connectivity index (χ1) is 8.42. The number of hydrogen-bond acceptors (Lipinski definition) is 3. The van der Waals surface area contributed by atoms with Crippen LogP contribution in [0.25, 0.3) is 0 Å². The van der Waals surface area contributed by atoms with Gasteiger partial charge >= 0.3 is 0 Å². The molecule has 4 heteroatoms. The predicted molar refractivity (Wildman–Crippen MR) is 69.2 cm³/mol. The fourth-order valence-electron chi connectivity index (χ4n) is 2.51. The van der Waals surface area contributed by atoms with E-state index in [1.165, 1.54) is 51.7 Å². The summed E-state index contributed by atoms with van der Waals surface area (Å²) in [6.45, 7) is 4.93. The molecule has 1 aromatic rings. The van der Waals surface area contributed by atoms with Gasteiger partial charge in [0, 0.05) is 25.0 Å². The van der Waals surface area contributed by atoms with Gasteiger partial charge < -0.3 is 14.8 Å². The summed E-state index contributed by atoms with van der Waals surface area (Å²) in [4.78, 5) is 6.96. The smallest absolute Gasteiger partial charge is 0.202 e. The van der Waals surface area contributed by atoms with Crippen LogP contribution >= 0.6 is 0 Å². The molecule has 0 bridgehead atoms. The van der Waals surface area contributed by atoms with Crippen molar-refractivity contribution in [3.8, 4) is 0 Å². The normalized spacial score (nSPS) is 20.9. The summed E-state index contributed by atoms with van der Waals surface area (Å²) in [7, 11) is 0. The van der Waals surface area contributed by atoms with E-state index in [0.29, 0.717) is 6.04 Å².